The largest absolute Gasteiger partial charge is 0.336 e. The van der Waals surface area contributed by atoms with Crippen molar-refractivity contribution in [3.8, 4) is 0 Å². The number of hydrazine groups is 1. The zero-order valence-electron chi connectivity index (χ0n) is 15.4. The monoisotopic (exact) mass is 389 g/mol. The van der Waals surface area contributed by atoms with Crippen molar-refractivity contribution in [3.05, 3.63) is 75.7 Å². The van der Waals surface area contributed by atoms with E-state index < -0.39 is 11.9 Å². The van der Waals surface area contributed by atoms with Gasteiger partial charge in [0.05, 0.1) is 5.39 Å². The zero-order chi connectivity index (χ0) is 20.0. The highest BCUT2D eigenvalue weighted by molar-refractivity contribution is 6.05. The van der Waals surface area contributed by atoms with Crippen LogP contribution < -0.4 is 21.7 Å². The molecule has 3 unspecified atom stereocenters. The molecule has 2 aliphatic rings. The number of urea groups is 1. The van der Waals surface area contributed by atoms with Gasteiger partial charge in [0, 0.05) is 11.9 Å². The summed E-state index contributed by atoms with van der Waals surface area (Å²) in [5.74, 6) is 0.956. The smallest absolute Gasteiger partial charge is 0.333 e. The van der Waals surface area contributed by atoms with Crippen molar-refractivity contribution in [2.45, 2.75) is 12.3 Å². The number of fused-ring (bicyclic) bond motifs is 4. The van der Waals surface area contributed by atoms with E-state index in [-0.39, 0.29) is 11.3 Å². The van der Waals surface area contributed by atoms with Gasteiger partial charge in [-0.05, 0) is 41.4 Å². The van der Waals surface area contributed by atoms with E-state index in [0.29, 0.717) is 35.1 Å². The predicted octanol–water partition coefficient (Wildman–Crippen LogP) is 1.45. The Bertz CT molecular complexity index is 1190. The average molecular weight is 389 g/mol. The molecule has 3 atom stereocenters. The van der Waals surface area contributed by atoms with Gasteiger partial charge in [0.1, 0.15) is 0 Å². The number of hydrogen-bond donors (Lipinski definition) is 4. The van der Waals surface area contributed by atoms with E-state index in [0.717, 1.165) is 6.42 Å². The number of carbonyl (C=O) groups excluding carboxylic acids is 2. The van der Waals surface area contributed by atoms with Crippen LogP contribution in [0.25, 0.3) is 10.8 Å². The molecule has 4 N–H and O–H groups in total. The number of hydrogen-bond acceptors (Lipinski definition) is 4. The fourth-order valence-electron chi connectivity index (χ4n) is 4.48. The molecule has 0 aliphatic heterocycles. The van der Waals surface area contributed by atoms with Gasteiger partial charge < -0.3 is 5.32 Å². The van der Waals surface area contributed by atoms with Crippen molar-refractivity contribution in [2.24, 2.45) is 11.8 Å². The summed E-state index contributed by atoms with van der Waals surface area (Å²) in [5.41, 5.74) is 7.15. The van der Waals surface area contributed by atoms with Crippen LogP contribution in [0.4, 0.5) is 4.79 Å². The molecule has 29 heavy (non-hydrogen) atoms. The molecular weight excluding hydrogens is 370 g/mol. The van der Waals surface area contributed by atoms with Gasteiger partial charge in [-0.15, -0.1) is 0 Å². The summed E-state index contributed by atoms with van der Waals surface area (Å²) < 4.78 is 0. The van der Waals surface area contributed by atoms with Crippen LogP contribution in [0.15, 0.2) is 53.3 Å². The number of H-pyrrole nitrogens is 1. The van der Waals surface area contributed by atoms with E-state index in [1.807, 2.05) is 0 Å². The number of carbonyl (C=O) groups is 2. The molecule has 8 nitrogen and oxygen atoms in total. The minimum atomic E-state index is -0.607. The molecular formula is C21H19N5O3. The van der Waals surface area contributed by atoms with Crippen LogP contribution in [-0.4, -0.2) is 28.7 Å². The quantitative estimate of drug-likeness (QED) is 0.508. The average Bonchev–Trinajstić information content (AvgIpc) is 3.28. The Hall–Kier alpha value is -3.68. The molecule has 0 bridgehead atoms. The first kappa shape index (κ1) is 17.4. The van der Waals surface area contributed by atoms with E-state index in [9.17, 15) is 14.4 Å². The van der Waals surface area contributed by atoms with Crippen LogP contribution in [0.1, 0.15) is 27.5 Å². The number of aromatic nitrogens is 2. The van der Waals surface area contributed by atoms with Crippen LogP contribution >= 0.6 is 0 Å². The third kappa shape index (κ3) is 3.02. The maximum atomic E-state index is 12.4. The first-order valence-corrected chi connectivity index (χ1v) is 9.53. The Morgan fingerprint density at radius 2 is 1.79 bits per heavy atom. The molecule has 3 amide bonds. The number of benzene rings is 2. The summed E-state index contributed by atoms with van der Waals surface area (Å²) in [6, 6.07) is 14.6. The topological polar surface area (TPSA) is 116 Å². The first-order valence-electron chi connectivity index (χ1n) is 9.53. The summed E-state index contributed by atoms with van der Waals surface area (Å²) >= 11 is 0. The van der Waals surface area contributed by atoms with Gasteiger partial charge in [-0.25, -0.2) is 15.3 Å². The Morgan fingerprint density at radius 3 is 2.66 bits per heavy atom. The lowest BCUT2D eigenvalue weighted by atomic mass is 10.0. The van der Waals surface area contributed by atoms with E-state index in [4.69, 9.17) is 0 Å². The van der Waals surface area contributed by atoms with E-state index in [1.165, 1.54) is 11.1 Å². The number of aromatic amines is 1. The molecule has 146 valence electrons. The molecule has 0 radical (unpaired) electrons. The van der Waals surface area contributed by atoms with Crippen molar-refractivity contribution >= 4 is 22.7 Å². The highest BCUT2D eigenvalue weighted by Crippen LogP contribution is 2.60. The highest BCUT2D eigenvalue weighted by atomic mass is 16.2. The van der Waals surface area contributed by atoms with Crippen LogP contribution in [0, 0.1) is 11.8 Å². The van der Waals surface area contributed by atoms with Crippen molar-refractivity contribution in [1.29, 1.82) is 0 Å². The second-order valence-corrected chi connectivity index (χ2v) is 7.49. The van der Waals surface area contributed by atoms with Crippen molar-refractivity contribution < 1.29 is 9.59 Å². The van der Waals surface area contributed by atoms with Gasteiger partial charge in [-0.1, -0.05) is 42.5 Å². The molecule has 1 aromatic heterocycles. The third-order valence-electron chi connectivity index (χ3n) is 5.90. The summed E-state index contributed by atoms with van der Waals surface area (Å²) in [5, 5.41) is 9.69. The fourth-order valence-corrected chi connectivity index (χ4v) is 4.48. The molecule has 2 aliphatic carbocycles. The normalized spacial score (nSPS) is 21.2. The summed E-state index contributed by atoms with van der Waals surface area (Å²) in [4.78, 5) is 36.3. The minimum Gasteiger partial charge on any atom is -0.336 e. The third-order valence-corrected chi connectivity index (χ3v) is 5.90. The van der Waals surface area contributed by atoms with Crippen LogP contribution in [-0.2, 0) is 6.42 Å². The number of nitrogens with zero attached hydrogens (tertiary/aromatic N) is 1. The minimum absolute atomic E-state index is 0.0360. The Labute approximate surface area is 165 Å². The highest BCUT2D eigenvalue weighted by Gasteiger charge is 2.54. The second-order valence-electron chi connectivity index (χ2n) is 7.49. The fraction of sp³-hybridized carbons (Fsp3) is 0.238. The Kier molecular flexibility index (Phi) is 4.04. The molecule has 3 aromatic rings. The molecule has 2 aromatic carbocycles. The SMILES string of the molecule is O=C(NCC1C2Cc3ccccc3C12)NNC(=O)c1n[nH]c(=O)c2ccccc12. The van der Waals surface area contributed by atoms with E-state index >= 15 is 0 Å². The lowest BCUT2D eigenvalue weighted by Gasteiger charge is -2.11. The molecule has 5 rings (SSSR count). The van der Waals surface area contributed by atoms with Crippen molar-refractivity contribution in [1.82, 2.24) is 26.4 Å². The van der Waals surface area contributed by atoms with Crippen molar-refractivity contribution in [3.63, 3.8) is 0 Å². The predicted molar refractivity (Wildman–Crippen MR) is 106 cm³/mol. The van der Waals surface area contributed by atoms with E-state index in [1.54, 1.807) is 24.3 Å². The molecule has 1 saturated carbocycles. The number of amides is 3. The number of nitrogens with one attached hydrogen (secondary N) is 4. The Morgan fingerprint density at radius 1 is 1.03 bits per heavy atom. The molecule has 8 heteroatoms. The van der Waals surface area contributed by atoms with Crippen LogP contribution in [0.2, 0.25) is 0 Å². The second kappa shape index (κ2) is 6.73. The lowest BCUT2D eigenvalue weighted by molar-refractivity contribution is 0.0932. The standard InChI is InChI=1S/C21H19N5O3/c27-19-14-8-4-3-7-13(14)18(23-24-19)20(28)25-26-21(29)22-10-16-15-9-11-5-1-2-6-12(11)17(15)16/h1-8,15-17H,9-10H2,(H,24,27)(H,25,28)(H2,22,26,29). The van der Waals surface area contributed by atoms with Crippen LogP contribution in [0.5, 0.6) is 0 Å². The van der Waals surface area contributed by atoms with Crippen molar-refractivity contribution in [2.75, 3.05) is 6.54 Å². The Balaban J connectivity index is 1.16. The van der Waals surface area contributed by atoms with Gasteiger partial charge in [0.2, 0.25) is 0 Å². The van der Waals surface area contributed by atoms with Gasteiger partial charge in [0.25, 0.3) is 11.5 Å². The molecule has 0 saturated heterocycles. The molecule has 1 heterocycles. The number of rotatable bonds is 3. The maximum Gasteiger partial charge on any atom is 0.333 e. The first-order chi connectivity index (χ1) is 14.1. The molecule has 0 spiro atoms. The summed E-state index contributed by atoms with van der Waals surface area (Å²) in [7, 11) is 0. The van der Waals surface area contributed by atoms with Gasteiger partial charge >= 0.3 is 6.03 Å². The van der Waals surface area contributed by atoms with Gasteiger partial charge in [-0.3, -0.25) is 15.0 Å². The maximum absolute atomic E-state index is 12.4. The summed E-state index contributed by atoms with van der Waals surface area (Å²) in [6.07, 6.45) is 1.07. The van der Waals surface area contributed by atoms with E-state index in [2.05, 4.69) is 50.6 Å². The van der Waals surface area contributed by atoms with Gasteiger partial charge in [-0.2, -0.15) is 5.10 Å². The summed E-state index contributed by atoms with van der Waals surface area (Å²) in [6.45, 7) is 0.561. The van der Waals surface area contributed by atoms with Crippen LogP contribution in [0.3, 0.4) is 0 Å². The lowest BCUT2D eigenvalue weighted by Crippen LogP contribution is -2.47. The zero-order valence-corrected chi connectivity index (χ0v) is 15.4. The molecule has 1 fully saturated rings. The van der Waals surface area contributed by atoms with Gasteiger partial charge in [0.15, 0.2) is 5.69 Å².